The number of benzene rings is 3. The number of methoxy groups -OCH3 is 2. The van der Waals surface area contributed by atoms with Crippen molar-refractivity contribution in [1.82, 2.24) is 9.80 Å². The first-order chi connectivity index (χ1) is 18.5. The molecule has 0 spiro atoms. The molecule has 3 aliphatic heterocycles. The van der Waals surface area contributed by atoms with Gasteiger partial charge in [-0.2, -0.15) is 0 Å². The lowest BCUT2D eigenvalue weighted by Crippen LogP contribution is -2.46. The Morgan fingerprint density at radius 3 is 2.16 bits per heavy atom. The van der Waals surface area contributed by atoms with Crippen LogP contribution in [0.5, 0.6) is 11.5 Å². The van der Waals surface area contributed by atoms with Crippen LogP contribution in [-0.2, 0) is 20.9 Å². The van der Waals surface area contributed by atoms with Crippen molar-refractivity contribution >= 4 is 29.5 Å². The van der Waals surface area contributed by atoms with E-state index in [2.05, 4.69) is 5.32 Å². The Balaban J connectivity index is 1.35. The first-order valence-corrected chi connectivity index (χ1v) is 12.5. The van der Waals surface area contributed by atoms with E-state index >= 15 is 0 Å². The van der Waals surface area contributed by atoms with Crippen LogP contribution >= 0.6 is 0 Å². The summed E-state index contributed by atoms with van der Waals surface area (Å²) in [5, 5.41) is 2.95. The third kappa shape index (κ3) is 3.80. The van der Waals surface area contributed by atoms with E-state index in [4.69, 9.17) is 9.47 Å². The minimum absolute atomic E-state index is 0.145. The molecular weight excluding hydrogens is 482 g/mol. The maximum atomic E-state index is 13.9. The highest BCUT2D eigenvalue weighted by atomic mass is 16.5. The minimum atomic E-state index is -0.839. The van der Waals surface area contributed by atoms with Crippen LogP contribution in [-0.4, -0.2) is 47.8 Å². The van der Waals surface area contributed by atoms with Gasteiger partial charge in [-0.3, -0.25) is 19.3 Å². The fraction of sp³-hybridized carbons (Fsp3) is 0.233. The summed E-state index contributed by atoms with van der Waals surface area (Å²) in [5.74, 6) is -1.02. The van der Waals surface area contributed by atoms with Crippen LogP contribution in [0.1, 0.15) is 22.7 Å². The number of likely N-dealkylation sites (tertiary alicyclic amines) is 1. The monoisotopic (exact) mass is 509 g/mol. The summed E-state index contributed by atoms with van der Waals surface area (Å²) in [6, 6.07) is 20.9. The summed E-state index contributed by atoms with van der Waals surface area (Å²) < 4.78 is 10.4. The third-order valence-electron chi connectivity index (χ3n) is 7.68. The lowest BCUT2D eigenvalue weighted by molar-refractivity contribution is -0.143. The average Bonchev–Trinajstić information content (AvgIpc) is 3.42. The number of carbonyl (C=O) groups excluding carboxylic acids is 3. The second kappa shape index (κ2) is 9.37. The van der Waals surface area contributed by atoms with Gasteiger partial charge in [-0.05, 0) is 59.2 Å². The molecule has 0 aromatic heterocycles. The number of nitrogens with one attached hydrogen (secondary N) is 1. The number of hydrogen-bond donors (Lipinski definition) is 1. The summed E-state index contributed by atoms with van der Waals surface area (Å²) in [6.45, 7) is 0.145. The zero-order valence-corrected chi connectivity index (χ0v) is 21.0. The van der Waals surface area contributed by atoms with Crippen molar-refractivity contribution in [2.45, 2.75) is 18.6 Å². The van der Waals surface area contributed by atoms with E-state index in [1.807, 2.05) is 53.6 Å². The SMILES string of the molecule is COc1ccc(CN2C(=O)[C@@H]3[C@H](C2=O)[C@@H]2c4ccccc4C=CN2[C@H]3C(=O)Nc2ccc(OC)cc2)cc1. The van der Waals surface area contributed by atoms with E-state index in [-0.39, 0.29) is 24.3 Å². The lowest BCUT2D eigenvalue weighted by Gasteiger charge is -2.35. The number of anilines is 1. The van der Waals surface area contributed by atoms with Crippen molar-refractivity contribution < 1.29 is 23.9 Å². The molecule has 3 aromatic carbocycles. The first-order valence-electron chi connectivity index (χ1n) is 12.5. The van der Waals surface area contributed by atoms with Crippen molar-refractivity contribution in [3.8, 4) is 11.5 Å². The Morgan fingerprint density at radius 2 is 1.47 bits per heavy atom. The van der Waals surface area contributed by atoms with Gasteiger partial charge in [0.25, 0.3) is 0 Å². The highest BCUT2D eigenvalue weighted by Crippen LogP contribution is 2.52. The van der Waals surface area contributed by atoms with Gasteiger partial charge in [0.1, 0.15) is 17.5 Å². The average molecular weight is 510 g/mol. The van der Waals surface area contributed by atoms with Crippen LogP contribution in [0.2, 0.25) is 0 Å². The van der Waals surface area contributed by atoms with E-state index < -0.39 is 23.9 Å². The van der Waals surface area contributed by atoms with Gasteiger partial charge in [-0.25, -0.2) is 0 Å². The van der Waals surface area contributed by atoms with Gasteiger partial charge in [0.15, 0.2) is 0 Å². The molecule has 0 unspecified atom stereocenters. The molecule has 8 heteroatoms. The molecule has 0 radical (unpaired) electrons. The van der Waals surface area contributed by atoms with Crippen LogP contribution in [0, 0.1) is 11.8 Å². The number of amides is 3. The van der Waals surface area contributed by atoms with E-state index in [1.165, 1.54) is 4.90 Å². The molecule has 3 aliphatic rings. The first kappa shape index (κ1) is 23.8. The highest BCUT2D eigenvalue weighted by molar-refractivity contribution is 6.10. The Morgan fingerprint density at radius 1 is 0.842 bits per heavy atom. The van der Waals surface area contributed by atoms with Crippen molar-refractivity contribution in [3.63, 3.8) is 0 Å². The molecule has 2 saturated heterocycles. The summed E-state index contributed by atoms with van der Waals surface area (Å²) in [4.78, 5) is 44.7. The van der Waals surface area contributed by atoms with E-state index in [0.717, 1.165) is 16.7 Å². The predicted octanol–water partition coefficient (Wildman–Crippen LogP) is 3.85. The fourth-order valence-electron chi connectivity index (χ4n) is 5.88. The smallest absolute Gasteiger partial charge is 0.247 e. The van der Waals surface area contributed by atoms with Gasteiger partial charge < -0.3 is 19.7 Å². The number of fused-ring (bicyclic) bond motifs is 5. The Bertz CT molecular complexity index is 1430. The van der Waals surface area contributed by atoms with Crippen molar-refractivity contribution in [1.29, 1.82) is 0 Å². The van der Waals surface area contributed by atoms with Crippen LogP contribution in [0.15, 0.2) is 79.0 Å². The summed E-state index contributed by atoms with van der Waals surface area (Å²) in [7, 11) is 3.16. The molecule has 38 heavy (non-hydrogen) atoms. The molecule has 4 atom stereocenters. The quantitative estimate of drug-likeness (QED) is 0.508. The number of nitrogens with zero attached hydrogens (tertiary/aromatic N) is 2. The van der Waals surface area contributed by atoms with E-state index in [9.17, 15) is 14.4 Å². The van der Waals surface area contributed by atoms with Gasteiger partial charge in [-0.15, -0.1) is 0 Å². The predicted molar refractivity (Wildman–Crippen MR) is 141 cm³/mol. The third-order valence-corrected chi connectivity index (χ3v) is 7.68. The summed E-state index contributed by atoms with van der Waals surface area (Å²) in [5.41, 5.74) is 3.33. The van der Waals surface area contributed by atoms with E-state index in [0.29, 0.717) is 17.2 Å². The van der Waals surface area contributed by atoms with Crippen molar-refractivity contribution in [2.24, 2.45) is 11.8 Å². The number of ether oxygens (including phenoxy) is 2. The molecule has 3 aromatic rings. The largest absolute Gasteiger partial charge is 0.497 e. The zero-order valence-electron chi connectivity index (χ0n) is 21.0. The molecule has 0 aliphatic carbocycles. The van der Waals surface area contributed by atoms with Gasteiger partial charge in [0.2, 0.25) is 17.7 Å². The van der Waals surface area contributed by atoms with Gasteiger partial charge in [-0.1, -0.05) is 36.4 Å². The summed E-state index contributed by atoms with van der Waals surface area (Å²) in [6.07, 6.45) is 3.78. The molecule has 192 valence electrons. The van der Waals surface area contributed by atoms with Crippen LogP contribution in [0.25, 0.3) is 6.08 Å². The number of imide groups is 1. The Kier molecular flexibility index (Phi) is 5.87. The minimum Gasteiger partial charge on any atom is -0.497 e. The zero-order chi connectivity index (χ0) is 26.4. The van der Waals surface area contributed by atoms with Crippen molar-refractivity contribution in [3.05, 3.63) is 95.7 Å². The topological polar surface area (TPSA) is 88.2 Å². The van der Waals surface area contributed by atoms with Crippen molar-refractivity contribution in [2.75, 3.05) is 19.5 Å². The Labute approximate surface area is 220 Å². The number of hydrogen-bond acceptors (Lipinski definition) is 6. The standard InChI is InChI=1S/C30H27N3O5/c1-37-21-11-7-18(8-12-21)17-33-29(35)24-25(30(33)36)27(28(34)31-20-9-13-22(38-2)14-10-20)32-16-15-19-5-3-4-6-23(19)26(24)32/h3-16,24-27H,17H2,1-2H3,(H,31,34)/t24-,25+,26-,27+/m0/s1. The molecular formula is C30H27N3O5. The molecule has 3 heterocycles. The van der Waals surface area contributed by atoms with Gasteiger partial charge in [0.05, 0.1) is 38.6 Å². The normalized spacial score (nSPS) is 23.1. The molecule has 0 bridgehead atoms. The van der Waals surface area contributed by atoms with Crippen LogP contribution in [0.3, 0.4) is 0 Å². The second-order valence-corrected chi connectivity index (χ2v) is 9.66. The van der Waals surface area contributed by atoms with Gasteiger partial charge >= 0.3 is 0 Å². The molecule has 1 N–H and O–H groups in total. The summed E-state index contributed by atoms with van der Waals surface area (Å²) >= 11 is 0. The second-order valence-electron chi connectivity index (χ2n) is 9.66. The molecule has 0 saturated carbocycles. The molecule has 2 fully saturated rings. The van der Waals surface area contributed by atoms with Crippen LogP contribution < -0.4 is 14.8 Å². The van der Waals surface area contributed by atoms with Crippen LogP contribution in [0.4, 0.5) is 5.69 Å². The number of rotatable bonds is 6. The highest BCUT2D eigenvalue weighted by Gasteiger charge is 2.64. The molecule has 6 rings (SSSR count). The lowest BCUT2D eigenvalue weighted by atomic mass is 9.84. The maximum absolute atomic E-state index is 13.9. The fourth-order valence-corrected chi connectivity index (χ4v) is 5.88. The molecule has 8 nitrogen and oxygen atoms in total. The Hall–Kier alpha value is -4.59. The maximum Gasteiger partial charge on any atom is 0.247 e. The number of carbonyl (C=O) groups is 3. The molecule has 3 amide bonds. The van der Waals surface area contributed by atoms with Gasteiger partial charge in [0, 0.05) is 11.9 Å². The van der Waals surface area contributed by atoms with E-state index in [1.54, 1.807) is 50.6 Å².